The van der Waals surface area contributed by atoms with E-state index in [9.17, 15) is 4.79 Å². The number of primary amides is 1. The number of benzene rings is 1. The van der Waals surface area contributed by atoms with E-state index in [0.717, 1.165) is 22.4 Å². The normalized spacial score (nSPS) is 19.0. The summed E-state index contributed by atoms with van der Waals surface area (Å²) in [6, 6.07) is 13.5. The molecule has 1 radical (unpaired) electrons. The number of amides is 1. The number of rotatable bonds is 2. The second-order valence-electron chi connectivity index (χ2n) is 5.81. The zero-order valence-electron chi connectivity index (χ0n) is 12.9. The molecule has 1 aliphatic carbocycles. The van der Waals surface area contributed by atoms with E-state index in [0.29, 0.717) is 6.42 Å². The van der Waals surface area contributed by atoms with Gasteiger partial charge < -0.3 is 5.73 Å². The maximum absolute atomic E-state index is 11.7. The summed E-state index contributed by atoms with van der Waals surface area (Å²) in [4.78, 5) is 16.0. The summed E-state index contributed by atoms with van der Waals surface area (Å²) in [5, 5.41) is 4.00. The zero-order chi connectivity index (χ0) is 16.6. The van der Waals surface area contributed by atoms with Crippen molar-refractivity contribution in [2.45, 2.75) is 11.8 Å². The average Bonchev–Trinajstić information content (AvgIpc) is 3.06. The van der Waals surface area contributed by atoms with Crippen LogP contribution in [0.15, 0.2) is 60.9 Å². The number of pyridine rings is 1. The van der Waals surface area contributed by atoms with Crippen molar-refractivity contribution in [3.63, 3.8) is 0 Å². The van der Waals surface area contributed by atoms with E-state index in [1.807, 2.05) is 42.6 Å². The maximum Gasteiger partial charge on any atom is 0.339 e. The van der Waals surface area contributed by atoms with Crippen molar-refractivity contribution in [2.24, 2.45) is 5.73 Å². The van der Waals surface area contributed by atoms with Gasteiger partial charge in [-0.15, -0.1) is 0 Å². The SMILES string of the molecule is NC(=O)n1n[c]c2c1CC(c1ccccc1)(c1cccnc1)C=C2. The Morgan fingerprint density at radius 1 is 1.17 bits per heavy atom. The summed E-state index contributed by atoms with van der Waals surface area (Å²) >= 11 is 0. The smallest absolute Gasteiger partial charge is 0.339 e. The first-order chi connectivity index (χ1) is 11.7. The Morgan fingerprint density at radius 3 is 2.67 bits per heavy atom. The molecule has 0 aliphatic heterocycles. The summed E-state index contributed by atoms with van der Waals surface area (Å²) in [7, 11) is 0. The first-order valence-electron chi connectivity index (χ1n) is 7.65. The van der Waals surface area contributed by atoms with Crippen molar-refractivity contribution in [1.82, 2.24) is 14.8 Å². The molecule has 2 aromatic heterocycles. The van der Waals surface area contributed by atoms with Crippen molar-refractivity contribution >= 4 is 12.1 Å². The van der Waals surface area contributed by atoms with Gasteiger partial charge >= 0.3 is 6.03 Å². The topological polar surface area (TPSA) is 73.8 Å². The number of carbonyl (C=O) groups excluding carboxylic acids is 1. The third kappa shape index (κ3) is 2.13. The Morgan fingerprint density at radius 2 is 1.96 bits per heavy atom. The van der Waals surface area contributed by atoms with E-state index in [4.69, 9.17) is 5.73 Å². The fourth-order valence-corrected chi connectivity index (χ4v) is 3.30. The molecule has 0 fully saturated rings. The lowest BCUT2D eigenvalue weighted by Gasteiger charge is -2.34. The molecule has 1 unspecified atom stereocenters. The van der Waals surface area contributed by atoms with Crippen LogP contribution in [0.4, 0.5) is 4.79 Å². The Labute approximate surface area is 139 Å². The van der Waals surface area contributed by atoms with Crippen LogP contribution in [0.1, 0.15) is 22.4 Å². The molecule has 24 heavy (non-hydrogen) atoms. The molecule has 2 heterocycles. The van der Waals surface area contributed by atoms with Crippen LogP contribution >= 0.6 is 0 Å². The Bertz CT molecular complexity index is 874. The summed E-state index contributed by atoms with van der Waals surface area (Å²) in [6.45, 7) is 0. The van der Waals surface area contributed by atoms with Gasteiger partial charge in [0.15, 0.2) is 0 Å². The Hall–Kier alpha value is -3.21. The molecule has 4 rings (SSSR count). The monoisotopic (exact) mass is 315 g/mol. The van der Waals surface area contributed by atoms with E-state index in [1.54, 1.807) is 6.20 Å². The second-order valence-corrected chi connectivity index (χ2v) is 5.81. The quantitative estimate of drug-likeness (QED) is 0.790. The third-order valence-corrected chi connectivity index (χ3v) is 4.49. The minimum Gasteiger partial charge on any atom is -0.350 e. The number of aromatic nitrogens is 3. The minimum atomic E-state index is -0.601. The van der Waals surface area contributed by atoms with E-state index >= 15 is 0 Å². The number of hydrogen-bond acceptors (Lipinski definition) is 3. The van der Waals surface area contributed by atoms with Crippen LogP contribution < -0.4 is 5.73 Å². The summed E-state index contributed by atoms with van der Waals surface area (Å²) < 4.78 is 1.23. The van der Waals surface area contributed by atoms with Gasteiger partial charge in [-0.2, -0.15) is 9.78 Å². The highest BCUT2D eigenvalue weighted by Crippen LogP contribution is 2.41. The second kappa shape index (κ2) is 5.45. The van der Waals surface area contributed by atoms with Gasteiger partial charge in [-0.05, 0) is 17.2 Å². The molecule has 0 saturated carbocycles. The van der Waals surface area contributed by atoms with Gasteiger partial charge in [-0.1, -0.05) is 48.6 Å². The molecular formula is C19H15N4O. The van der Waals surface area contributed by atoms with Gasteiger partial charge in [0.2, 0.25) is 0 Å². The van der Waals surface area contributed by atoms with Gasteiger partial charge in [-0.25, -0.2) is 4.79 Å². The molecule has 1 amide bonds. The lowest BCUT2D eigenvalue weighted by Crippen LogP contribution is -2.33. The van der Waals surface area contributed by atoms with Crippen LogP contribution in [0.5, 0.6) is 0 Å². The average molecular weight is 315 g/mol. The number of nitrogens with two attached hydrogens (primary N) is 1. The molecule has 5 nitrogen and oxygen atoms in total. The highest BCUT2D eigenvalue weighted by Gasteiger charge is 2.37. The van der Waals surface area contributed by atoms with Gasteiger partial charge in [0.1, 0.15) is 6.20 Å². The van der Waals surface area contributed by atoms with Crippen molar-refractivity contribution in [2.75, 3.05) is 0 Å². The molecule has 117 valence electrons. The summed E-state index contributed by atoms with van der Waals surface area (Å²) in [6.07, 6.45) is 11.1. The van der Waals surface area contributed by atoms with Gasteiger partial charge in [0, 0.05) is 29.8 Å². The highest BCUT2D eigenvalue weighted by atomic mass is 16.2. The van der Waals surface area contributed by atoms with E-state index in [1.165, 1.54) is 4.68 Å². The fourth-order valence-electron chi connectivity index (χ4n) is 3.30. The lowest BCUT2D eigenvalue weighted by molar-refractivity contribution is 0.246. The van der Waals surface area contributed by atoms with Crippen molar-refractivity contribution < 1.29 is 4.79 Å². The molecule has 2 N–H and O–H groups in total. The van der Waals surface area contributed by atoms with Crippen LogP contribution in [0.3, 0.4) is 0 Å². The largest absolute Gasteiger partial charge is 0.350 e. The van der Waals surface area contributed by atoms with E-state index in [-0.39, 0.29) is 0 Å². The predicted molar refractivity (Wildman–Crippen MR) is 90.2 cm³/mol. The summed E-state index contributed by atoms with van der Waals surface area (Å²) in [5.74, 6) is 0. The first kappa shape index (κ1) is 14.4. The Balaban J connectivity index is 1.93. The molecular weight excluding hydrogens is 300 g/mol. The lowest BCUT2D eigenvalue weighted by atomic mass is 9.69. The predicted octanol–water partition coefficient (Wildman–Crippen LogP) is 2.56. The number of carbonyl (C=O) groups is 1. The highest BCUT2D eigenvalue weighted by molar-refractivity contribution is 5.76. The van der Waals surface area contributed by atoms with E-state index in [2.05, 4.69) is 34.5 Å². The van der Waals surface area contributed by atoms with Gasteiger partial charge in [0.25, 0.3) is 0 Å². The number of fused-ring (bicyclic) bond motifs is 1. The standard InChI is InChI=1S/C19H15N4O/c20-18(24)23-17-11-19(9-8-14(17)12-22-23,15-5-2-1-3-6-15)16-7-4-10-21-13-16/h1-10,13H,11H2,(H2,20,24). The van der Waals surface area contributed by atoms with Crippen LogP contribution in [0.2, 0.25) is 0 Å². The molecule has 0 spiro atoms. The molecule has 0 saturated heterocycles. The Kier molecular flexibility index (Phi) is 3.27. The van der Waals surface area contributed by atoms with Crippen LogP contribution in [0, 0.1) is 6.20 Å². The van der Waals surface area contributed by atoms with Crippen molar-refractivity contribution in [3.05, 3.63) is 89.5 Å². The molecule has 1 aliphatic rings. The van der Waals surface area contributed by atoms with Gasteiger partial charge in [0.05, 0.1) is 5.69 Å². The molecule has 1 atom stereocenters. The van der Waals surface area contributed by atoms with Gasteiger partial charge in [-0.3, -0.25) is 4.98 Å². The molecule has 5 heteroatoms. The number of allylic oxidation sites excluding steroid dienone is 1. The molecule has 0 bridgehead atoms. The van der Waals surface area contributed by atoms with Crippen molar-refractivity contribution in [3.8, 4) is 0 Å². The zero-order valence-corrected chi connectivity index (χ0v) is 12.9. The minimum absolute atomic E-state index is 0.427. The third-order valence-electron chi connectivity index (χ3n) is 4.49. The van der Waals surface area contributed by atoms with Crippen LogP contribution in [0.25, 0.3) is 6.08 Å². The first-order valence-corrected chi connectivity index (χ1v) is 7.65. The fraction of sp³-hybridized carbons (Fsp3) is 0.105. The van der Waals surface area contributed by atoms with Crippen molar-refractivity contribution in [1.29, 1.82) is 0 Å². The van der Waals surface area contributed by atoms with E-state index < -0.39 is 11.4 Å². The maximum atomic E-state index is 11.7. The molecule has 3 aromatic rings. The summed E-state index contributed by atoms with van der Waals surface area (Å²) in [5.41, 5.74) is 8.76. The van der Waals surface area contributed by atoms with Crippen LogP contribution in [-0.4, -0.2) is 20.8 Å². The number of nitrogens with zero attached hydrogens (tertiary/aromatic N) is 3. The number of hydrogen-bond donors (Lipinski definition) is 1. The van der Waals surface area contributed by atoms with Crippen LogP contribution in [-0.2, 0) is 11.8 Å². The molecule has 1 aromatic carbocycles.